The smallest absolute Gasteiger partial charge is 0.147 e. The van der Waals surface area contributed by atoms with Gasteiger partial charge in [0.1, 0.15) is 6.79 Å². The number of rotatable bonds is 9. The van der Waals surface area contributed by atoms with Gasteiger partial charge in [0.15, 0.2) is 0 Å². The fourth-order valence-electron chi connectivity index (χ4n) is 1.42. The van der Waals surface area contributed by atoms with Crippen LogP contribution in [0.25, 0.3) is 0 Å². The van der Waals surface area contributed by atoms with Crippen LogP contribution in [-0.2, 0) is 16.1 Å². The molecule has 17 heavy (non-hydrogen) atoms. The summed E-state index contributed by atoms with van der Waals surface area (Å²) < 4.78 is 10.8. The van der Waals surface area contributed by atoms with Crippen molar-refractivity contribution in [2.24, 2.45) is 0 Å². The van der Waals surface area contributed by atoms with Crippen LogP contribution < -0.4 is 5.32 Å². The van der Waals surface area contributed by atoms with Gasteiger partial charge < -0.3 is 14.8 Å². The molecule has 1 N–H and O–H groups in total. The fourth-order valence-corrected chi connectivity index (χ4v) is 1.42. The molecule has 0 aliphatic carbocycles. The third kappa shape index (κ3) is 7.91. The molecule has 96 valence electrons. The molecule has 3 nitrogen and oxygen atoms in total. The Labute approximate surface area is 104 Å². The van der Waals surface area contributed by atoms with Gasteiger partial charge in [0, 0.05) is 6.04 Å². The summed E-state index contributed by atoms with van der Waals surface area (Å²) in [6, 6.07) is 10.7. The maximum atomic E-state index is 5.40. The monoisotopic (exact) mass is 237 g/mol. The molecule has 0 unspecified atom stereocenters. The van der Waals surface area contributed by atoms with Gasteiger partial charge in [-0.05, 0) is 18.5 Å². The molecule has 1 rings (SSSR count). The Balaban J connectivity index is 1.88. The summed E-state index contributed by atoms with van der Waals surface area (Å²) in [4.78, 5) is 0. The van der Waals surface area contributed by atoms with Gasteiger partial charge in [-0.2, -0.15) is 0 Å². The first-order valence-electron chi connectivity index (χ1n) is 6.22. The molecule has 1 aromatic carbocycles. The van der Waals surface area contributed by atoms with Crippen molar-refractivity contribution in [2.45, 2.75) is 32.9 Å². The molecule has 1 aromatic rings. The topological polar surface area (TPSA) is 30.5 Å². The number of ether oxygens (including phenoxy) is 2. The number of hydrogen-bond acceptors (Lipinski definition) is 3. The molecular formula is C14H23NO2. The fraction of sp³-hybridized carbons (Fsp3) is 0.571. The van der Waals surface area contributed by atoms with E-state index in [-0.39, 0.29) is 0 Å². The van der Waals surface area contributed by atoms with E-state index in [2.05, 4.69) is 19.2 Å². The van der Waals surface area contributed by atoms with E-state index in [1.165, 1.54) is 5.56 Å². The highest BCUT2D eigenvalue weighted by atomic mass is 16.7. The van der Waals surface area contributed by atoms with Crippen LogP contribution in [0.15, 0.2) is 30.3 Å². The van der Waals surface area contributed by atoms with Gasteiger partial charge >= 0.3 is 0 Å². The summed E-state index contributed by atoms with van der Waals surface area (Å²) in [6.07, 6.45) is 1.02. The first-order valence-corrected chi connectivity index (χ1v) is 6.22. The van der Waals surface area contributed by atoms with E-state index >= 15 is 0 Å². The van der Waals surface area contributed by atoms with Gasteiger partial charge in [0.2, 0.25) is 0 Å². The average Bonchev–Trinajstić information content (AvgIpc) is 2.33. The standard InChI is InChI=1S/C14H23NO2/c1-13(2)15-9-6-10-16-12-17-11-14-7-4-3-5-8-14/h3-5,7-8,13,15H,6,9-12H2,1-2H3. The van der Waals surface area contributed by atoms with Crippen LogP contribution in [-0.4, -0.2) is 26.0 Å². The summed E-state index contributed by atoms with van der Waals surface area (Å²) in [6.45, 7) is 7.01. The molecule has 3 heteroatoms. The van der Waals surface area contributed by atoms with Crippen molar-refractivity contribution in [3.05, 3.63) is 35.9 Å². The van der Waals surface area contributed by atoms with E-state index in [4.69, 9.17) is 9.47 Å². The molecule has 0 bridgehead atoms. The molecule has 0 aliphatic rings. The maximum absolute atomic E-state index is 5.40. The average molecular weight is 237 g/mol. The Morgan fingerprint density at radius 1 is 1.12 bits per heavy atom. The Morgan fingerprint density at radius 3 is 2.59 bits per heavy atom. The Morgan fingerprint density at radius 2 is 1.88 bits per heavy atom. The molecule has 0 spiro atoms. The van der Waals surface area contributed by atoms with Crippen molar-refractivity contribution in [1.29, 1.82) is 0 Å². The Kier molecular flexibility index (Phi) is 7.63. The lowest BCUT2D eigenvalue weighted by Gasteiger charge is -2.08. The molecule has 0 heterocycles. The second kappa shape index (κ2) is 9.16. The molecule has 0 amide bonds. The first kappa shape index (κ1) is 14.2. The summed E-state index contributed by atoms with van der Waals surface area (Å²) >= 11 is 0. The van der Waals surface area contributed by atoms with Crippen molar-refractivity contribution in [3.63, 3.8) is 0 Å². The lowest BCUT2D eigenvalue weighted by molar-refractivity contribution is -0.0618. The minimum absolute atomic E-state index is 0.372. The summed E-state index contributed by atoms with van der Waals surface area (Å²) in [5.41, 5.74) is 1.18. The van der Waals surface area contributed by atoms with Gasteiger partial charge in [-0.25, -0.2) is 0 Å². The second-order valence-electron chi connectivity index (χ2n) is 4.32. The van der Waals surface area contributed by atoms with Crippen LogP contribution in [0.2, 0.25) is 0 Å². The zero-order valence-corrected chi connectivity index (χ0v) is 10.8. The minimum atomic E-state index is 0.372. The number of hydrogen-bond donors (Lipinski definition) is 1. The van der Waals surface area contributed by atoms with Crippen LogP contribution in [0.3, 0.4) is 0 Å². The van der Waals surface area contributed by atoms with E-state index in [1.807, 2.05) is 30.3 Å². The third-order valence-corrected chi connectivity index (χ3v) is 2.30. The highest BCUT2D eigenvalue weighted by molar-refractivity contribution is 5.13. The SMILES string of the molecule is CC(C)NCCCOCOCc1ccccc1. The maximum Gasteiger partial charge on any atom is 0.147 e. The lowest BCUT2D eigenvalue weighted by Crippen LogP contribution is -2.24. The first-order chi connectivity index (χ1) is 8.29. The Hall–Kier alpha value is -0.900. The second-order valence-corrected chi connectivity index (χ2v) is 4.32. The third-order valence-electron chi connectivity index (χ3n) is 2.30. The number of nitrogens with one attached hydrogen (secondary N) is 1. The van der Waals surface area contributed by atoms with Crippen LogP contribution in [0.1, 0.15) is 25.8 Å². The van der Waals surface area contributed by atoms with E-state index in [1.54, 1.807) is 0 Å². The van der Waals surface area contributed by atoms with Crippen LogP contribution >= 0.6 is 0 Å². The van der Waals surface area contributed by atoms with E-state index in [9.17, 15) is 0 Å². The molecule has 0 aliphatic heterocycles. The summed E-state index contributed by atoms with van der Waals surface area (Å²) in [5, 5.41) is 3.34. The molecule has 0 aromatic heterocycles. The van der Waals surface area contributed by atoms with Crippen LogP contribution in [0, 0.1) is 0 Å². The van der Waals surface area contributed by atoms with Crippen molar-refractivity contribution in [3.8, 4) is 0 Å². The predicted octanol–water partition coefficient (Wildman–Crippen LogP) is 2.57. The minimum Gasteiger partial charge on any atom is -0.355 e. The molecule has 0 radical (unpaired) electrons. The summed E-state index contributed by atoms with van der Waals surface area (Å²) in [5.74, 6) is 0. The predicted molar refractivity (Wildman–Crippen MR) is 69.8 cm³/mol. The van der Waals surface area contributed by atoms with Gasteiger partial charge in [-0.15, -0.1) is 0 Å². The van der Waals surface area contributed by atoms with Crippen molar-refractivity contribution >= 4 is 0 Å². The van der Waals surface area contributed by atoms with Gasteiger partial charge in [0.05, 0.1) is 13.2 Å². The molecule has 0 fully saturated rings. The van der Waals surface area contributed by atoms with Gasteiger partial charge in [-0.3, -0.25) is 0 Å². The van der Waals surface area contributed by atoms with E-state index in [0.29, 0.717) is 19.4 Å². The highest BCUT2D eigenvalue weighted by Crippen LogP contribution is 2.00. The number of benzene rings is 1. The zero-order chi connectivity index (χ0) is 12.3. The highest BCUT2D eigenvalue weighted by Gasteiger charge is 1.93. The quantitative estimate of drug-likeness (QED) is 0.529. The summed E-state index contributed by atoms with van der Waals surface area (Å²) in [7, 11) is 0. The molecule has 0 saturated heterocycles. The molecule has 0 saturated carbocycles. The Bertz CT molecular complexity index is 275. The normalized spacial score (nSPS) is 11.0. The van der Waals surface area contributed by atoms with Crippen molar-refractivity contribution in [1.82, 2.24) is 5.32 Å². The largest absolute Gasteiger partial charge is 0.355 e. The van der Waals surface area contributed by atoms with Crippen molar-refractivity contribution < 1.29 is 9.47 Å². The van der Waals surface area contributed by atoms with Gasteiger partial charge in [0.25, 0.3) is 0 Å². The van der Waals surface area contributed by atoms with Crippen molar-refractivity contribution in [2.75, 3.05) is 19.9 Å². The molecule has 0 atom stereocenters. The van der Waals surface area contributed by atoms with Crippen LogP contribution in [0.4, 0.5) is 0 Å². The molecular weight excluding hydrogens is 214 g/mol. The zero-order valence-electron chi connectivity index (χ0n) is 10.8. The van der Waals surface area contributed by atoms with E-state index in [0.717, 1.165) is 19.6 Å². The van der Waals surface area contributed by atoms with E-state index < -0.39 is 0 Å². The van der Waals surface area contributed by atoms with Crippen LogP contribution in [0.5, 0.6) is 0 Å². The lowest BCUT2D eigenvalue weighted by atomic mass is 10.2. The van der Waals surface area contributed by atoms with Gasteiger partial charge in [-0.1, -0.05) is 44.2 Å².